The van der Waals surface area contributed by atoms with E-state index >= 15 is 0 Å². The quantitative estimate of drug-likeness (QED) is 0.229. The molecule has 0 radical (unpaired) electrons. The third-order valence-corrected chi connectivity index (χ3v) is 6.28. The van der Waals surface area contributed by atoms with Gasteiger partial charge in [0.25, 0.3) is 11.6 Å². The van der Waals surface area contributed by atoms with E-state index in [1.54, 1.807) is 0 Å². The zero-order chi connectivity index (χ0) is 26.0. The number of hydrogen-bond acceptors (Lipinski definition) is 6. The summed E-state index contributed by atoms with van der Waals surface area (Å²) >= 11 is 0.739. The number of nitro benzene ring substituents is 1. The number of carbonyl (C=O) groups is 1. The zero-order valence-corrected chi connectivity index (χ0v) is 19.5. The molecule has 1 aliphatic heterocycles. The second kappa shape index (κ2) is 9.86. The molecule has 184 valence electrons. The summed E-state index contributed by atoms with van der Waals surface area (Å²) in [5, 5.41) is 19.2. The monoisotopic (exact) mass is 513 g/mol. The van der Waals surface area contributed by atoms with Crippen LogP contribution in [0.3, 0.4) is 0 Å². The summed E-state index contributed by atoms with van der Waals surface area (Å²) in [6, 6.07) is 15.6. The molecule has 1 saturated heterocycles. The molecule has 1 amide bonds. The highest BCUT2D eigenvalue weighted by molar-refractivity contribution is 8.19. The molecule has 3 aromatic rings. The lowest BCUT2D eigenvalue weighted by molar-refractivity contribution is -0.384. The van der Waals surface area contributed by atoms with Crippen LogP contribution in [0.1, 0.15) is 22.3 Å². The van der Waals surface area contributed by atoms with E-state index in [4.69, 9.17) is 10.1 Å². The number of anilines is 1. The zero-order valence-electron chi connectivity index (χ0n) is 18.7. The molecule has 3 aromatic carbocycles. The molecule has 0 bridgehead atoms. The van der Waals surface area contributed by atoms with Gasteiger partial charge in [-0.15, -0.1) is 0 Å². The van der Waals surface area contributed by atoms with Crippen LogP contribution in [0.4, 0.5) is 24.5 Å². The van der Waals surface area contributed by atoms with Crippen LogP contribution in [0.25, 0.3) is 6.08 Å². The number of ether oxygens (including phenoxy) is 1. The van der Waals surface area contributed by atoms with Gasteiger partial charge in [0.1, 0.15) is 12.4 Å². The van der Waals surface area contributed by atoms with Crippen LogP contribution < -0.4 is 9.64 Å². The largest absolute Gasteiger partial charge is 0.488 e. The number of halogens is 3. The highest BCUT2D eigenvalue weighted by Crippen LogP contribution is 2.39. The first kappa shape index (κ1) is 25.0. The summed E-state index contributed by atoms with van der Waals surface area (Å²) in [7, 11) is 0. The van der Waals surface area contributed by atoms with Crippen molar-refractivity contribution in [3.8, 4) is 5.75 Å². The summed E-state index contributed by atoms with van der Waals surface area (Å²) in [6.07, 6.45) is -3.27. The number of hydrogen-bond donors (Lipinski definition) is 1. The number of amidine groups is 1. The summed E-state index contributed by atoms with van der Waals surface area (Å²) in [6.45, 7) is 2.09. The first-order valence-corrected chi connectivity index (χ1v) is 11.3. The third-order valence-electron chi connectivity index (χ3n) is 5.39. The van der Waals surface area contributed by atoms with Crippen molar-refractivity contribution < 1.29 is 27.6 Å². The minimum Gasteiger partial charge on any atom is -0.488 e. The predicted octanol–water partition coefficient (Wildman–Crippen LogP) is 6.56. The van der Waals surface area contributed by atoms with E-state index in [0.29, 0.717) is 0 Å². The van der Waals surface area contributed by atoms with Gasteiger partial charge in [-0.2, -0.15) is 13.2 Å². The normalized spacial score (nSPS) is 15.0. The molecule has 1 aliphatic rings. The van der Waals surface area contributed by atoms with Crippen molar-refractivity contribution in [1.29, 1.82) is 5.41 Å². The Bertz CT molecular complexity index is 1410. The van der Waals surface area contributed by atoms with Crippen LogP contribution in [0.15, 0.2) is 71.6 Å². The number of alkyl halides is 3. The fraction of sp³-hybridized carbons (Fsp3) is 0.120. The predicted molar refractivity (Wildman–Crippen MR) is 131 cm³/mol. The number of non-ortho nitro benzene ring substituents is 1. The molecule has 0 atom stereocenters. The topological polar surface area (TPSA) is 96.5 Å². The van der Waals surface area contributed by atoms with Crippen molar-refractivity contribution in [3.05, 3.63) is 104 Å². The summed E-state index contributed by atoms with van der Waals surface area (Å²) < 4.78 is 45.3. The second-order valence-corrected chi connectivity index (χ2v) is 8.83. The van der Waals surface area contributed by atoms with Crippen molar-refractivity contribution in [1.82, 2.24) is 0 Å². The Morgan fingerprint density at radius 2 is 1.86 bits per heavy atom. The average molecular weight is 513 g/mol. The van der Waals surface area contributed by atoms with Crippen molar-refractivity contribution in [2.75, 3.05) is 4.90 Å². The Balaban J connectivity index is 1.67. The number of nitrogens with zero attached hydrogens (tertiary/aromatic N) is 2. The lowest BCUT2D eigenvalue weighted by Crippen LogP contribution is -2.28. The van der Waals surface area contributed by atoms with E-state index in [2.05, 4.69) is 0 Å². The van der Waals surface area contributed by atoms with Gasteiger partial charge in [0.2, 0.25) is 0 Å². The molecule has 36 heavy (non-hydrogen) atoms. The lowest BCUT2D eigenvalue weighted by atomic mass is 10.1. The van der Waals surface area contributed by atoms with Crippen LogP contribution in [0.5, 0.6) is 5.75 Å². The second-order valence-electron chi connectivity index (χ2n) is 7.80. The maximum atomic E-state index is 13.1. The van der Waals surface area contributed by atoms with Crippen LogP contribution in [0.2, 0.25) is 0 Å². The Labute approximate surface area is 207 Å². The highest BCUT2D eigenvalue weighted by Gasteiger charge is 2.36. The van der Waals surface area contributed by atoms with E-state index < -0.39 is 22.6 Å². The van der Waals surface area contributed by atoms with Crippen molar-refractivity contribution in [2.24, 2.45) is 0 Å². The molecule has 1 heterocycles. The van der Waals surface area contributed by atoms with Crippen LogP contribution in [-0.4, -0.2) is 16.0 Å². The summed E-state index contributed by atoms with van der Waals surface area (Å²) in [5.41, 5.74) is 0.835. The number of nitro groups is 1. The number of rotatable bonds is 6. The first-order chi connectivity index (χ1) is 17.0. The number of benzene rings is 3. The molecule has 4 rings (SSSR count). The minimum atomic E-state index is -4.61. The van der Waals surface area contributed by atoms with Crippen molar-refractivity contribution in [2.45, 2.75) is 19.7 Å². The smallest absolute Gasteiger partial charge is 0.416 e. The number of amides is 1. The molecular formula is C25H18F3N3O4S. The molecule has 11 heteroatoms. The van der Waals surface area contributed by atoms with E-state index in [9.17, 15) is 28.1 Å². The van der Waals surface area contributed by atoms with Gasteiger partial charge in [0.15, 0.2) is 5.17 Å². The van der Waals surface area contributed by atoms with Gasteiger partial charge < -0.3 is 4.74 Å². The fourth-order valence-corrected chi connectivity index (χ4v) is 4.36. The van der Waals surface area contributed by atoms with Crippen molar-refractivity contribution in [3.63, 3.8) is 0 Å². The van der Waals surface area contributed by atoms with Crippen molar-refractivity contribution >= 4 is 40.3 Å². The van der Waals surface area contributed by atoms with Gasteiger partial charge in [-0.1, -0.05) is 30.3 Å². The van der Waals surface area contributed by atoms with Gasteiger partial charge in [0, 0.05) is 17.7 Å². The van der Waals surface area contributed by atoms with Crippen LogP contribution in [-0.2, 0) is 17.6 Å². The maximum Gasteiger partial charge on any atom is 0.416 e. The first-order valence-electron chi connectivity index (χ1n) is 10.5. The van der Waals surface area contributed by atoms with Gasteiger partial charge in [-0.05, 0) is 60.2 Å². The number of aryl methyl sites for hydroxylation is 1. The molecule has 0 unspecified atom stereocenters. The standard InChI is InChI=1S/C25H18F3N3O4S/c1-15-5-2-3-6-16(15)14-35-21-10-9-20(31(33)34)11-17(21)12-22-23(32)30(24(29)36-22)19-8-4-7-18(13-19)25(26,27)28/h2-13,29H,14H2,1H3/b22-12-,29-24?. The molecule has 7 nitrogen and oxygen atoms in total. The summed E-state index contributed by atoms with van der Waals surface area (Å²) in [5.74, 6) is -0.450. The average Bonchev–Trinajstić information content (AvgIpc) is 3.11. The highest BCUT2D eigenvalue weighted by atomic mass is 32.2. The Morgan fingerprint density at radius 3 is 2.56 bits per heavy atom. The number of carbonyl (C=O) groups excluding carboxylic acids is 1. The van der Waals surface area contributed by atoms with Crippen LogP contribution in [0, 0.1) is 22.4 Å². The molecule has 0 aliphatic carbocycles. The maximum absolute atomic E-state index is 13.1. The van der Waals surface area contributed by atoms with Gasteiger partial charge in [0.05, 0.1) is 21.1 Å². The minimum absolute atomic E-state index is 0.0126. The number of nitrogens with one attached hydrogen (secondary N) is 1. The van der Waals surface area contributed by atoms with Gasteiger partial charge in [-0.3, -0.25) is 25.2 Å². The Morgan fingerprint density at radius 1 is 1.11 bits per heavy atom. The Hall–Kier alpha value is -4.12. The van der Waals surface area contributed by atoms with E-state index in [1.165, 1.54) is 30.3 Å². The SMILES string of the molecule is Cc1ccccc1COc1ccc([N+](=O)[O-])cc1/C=C1\SC(=N)N(c2cccc(C(F)(F)F)c2)C1=O. The molecule has 0 spiro atoms. The number of thioether (sulfide) groups is 1. The molecule has 1 fully saturated rings. The Kier molecular flexibility index (Phi) is 6.84. The third kappa shape index (κ3) is 5.25. The van der Waals surface area contributed by atoms with E-state index in [0.717, 1.165) is 46.0 Å². The fourth-order valence-electron chi connectivity index (χ4n) is 3.51. The molecule has 0 saturated carbocycles. The van der Waals surface area contributed by atoms with E-state index in [1.807, 2.05) is 31.2 Å². The molecule has 0 aromatic heterocycles. The lowest BCUT2D eigenvalue weighted by Gasteiger charge is -2.16. The van der Waals surface area contributed by atoms with Crippen LogP contribution >= 0.6 is 11.8 Å². The molecule has 1 N–H and O–H groups in total. The van der Waals surface area contributed by atoms with Gasteiger partial charge >= 0.3 is 6.18 Å². The summed E-state index contributed by atoms with van der Waals surface area (Å²) in [4.78, 5) is 24.7. The van der Waals surface area contributed by atoms with Gasteiger partial charge in [-0.25, -0.2) is 0 Å². The van der Waals surface area contributed by atoms with E-state index in [-0.39, 0.29) is 39.4 Å². The molecular weight excluding hydrogens is 495 g/mol.